The van der Waals surface area contributed by atoms with Crippen LogP contribution < -0.4 is 5.73 Å². The quantitative estimate of drug-likeness (QED) is 0.855. The van der Waals surface area contributed by atoms with Crippen molar-refractivity contribution in [2.45, 2.75) is 12.8 Å². The molecule has 0 bridgehead atoms. The van der Waals surface area contributed by atoms with Crippen molar-refractivity contribution in [2.75, 3.05) is 0 Å². The van der Waals surface area contributed by atoms with Crippen LogP contribution in [0.25, 0.3) is 0 Å². The van der Waals surface area contributed by atoms with Crippen LogP contribution in [0.2, 0.25) is 0 Å². The van der Waals surface area contributed by atoms with Crippen molar-refractivity contribution < 1.29 is 0 Å². The van der Waals surface area contributed by atoms with E-state index in [1.165, 1.54) is 11.1 Å². The molecule has 1 aliphatic heterocycles. The van der Waals surface area contributed by atoms with Gasteiger partial charge in [0.25, 0.3) is 0 Å². The second kappa shape index (κ2) is 4.65. The Hall–Kier alpha value is -2.09. The third-order valence-corrected chi connectivity index (χ3v) is 3.45. The van der Waals surface area contributed by atoms with Crippen LogP contribution in [-0.4, -0.2) is 5.84 Å². The van der Waals surface area contributed by atoms with Crippen LogP contribution in [0.5, 0.6) is 0 Å². The van der Waals surface area contributed by atoms with Gasteiger partial charge in [0.05, 0.1) is 5.69 Å². The number of para-hydroxylation sites is 1. The maximum atomic E-state index is 6.09. The van der Waals surface area contributed by atoms with Gasteiger partial charge in [-0.05, 0) is 30.0 Å². The van der Waals surface area contributed by atoms with Gasteiger partial charge >= 0.3 is 0 Å². The fourth-order valence-corrected chi connectivity index (χ4v) is 2.47. The highest BCUT2D eigenvalue weighted by molar-refractivity contribution is 5.88. The molecule has 0 radical (unpaired) electrons. The Balaban J connectivity index is 1.85. The molecule has 0 saturated carbocycles. The largest absolute Gasteiger partial charge is 0.387 e. The summed E-state index contributed by atoms with van der Waals surface area (Å²) < 4.78 is 0. The lowest BCUT2D eigenvalue weighted by Crippen LogP contribution is -2.29. The van der Waals surface area contributed by atoms with Crippen molar-refractivity contribution in [1.29, 1.82) is 0 Å². The lowest BCUT2D eigenvalue weighted by Gasteiger charge is -2.22. The summed E-state index contributed by atoms with van der Waals surface area (Å²) in [5, 5.41) is 0. The third kappa shape index (κ3) is 2.14. The topological polar surface area (TPSA) is 38.4 Å². The first-order valence-electron chi connectivity index (χ1n) is 6.29. The number of hydrogen-bond acceptors (Lipinski definition) is 2. The molecule has 2 aromatic carbocycles. The minimum absolute atomic E-state index is 0.322. The minimum atomic E-state index is 0.322. The van der Waals surface area contributed by atoms with E-state index in [0.717, 1.165) is 24.4 Å². The minimum Gasteiger partial charge on any atom is -0.387 e. The summed E-state index contributed by atoms with van der Waals surface area (Å²) in [4.78, 5) is 4.52. The van der Waals surface area contributed by atoms with E-state index in [1.54, 1.807) is 0 Å². The molecule has 1 atom stereocenters. The molecule has 0 aromatic heterocycles. The van der Waals surface area contributed by atoms with Crippen LogP contribution in [-0.2, 0) is 12.8 Å². The summed E-state index contributed by atoms with van der Waals surface area (Å²) in [5.74, 6) is 1.08. The number of nitrogens with zero attached hydrogens (tertiary/aromatic N) is 1. The Morgan fingerprint density at radius 3 is 2.56 bits per heavy atom. The molecule has 2 N–H and O–H groups in total. The number of fused-ring (bicyclic) bond motifs is 1. The number of hydrogen-bond donors (Lipinski definition) is 1. The molecule has 0 fully saturated rings. The molecule has 90 valence electrons. The van der Waals surface area contributed by atoms with Crippen LogP contribution in [0, 0.1) is 5.92 Å². The van der Waals surface area contributed by atoms with Gasteiger partial charge in [-0.3, -0.25) is 0 Å². The van der Waals surface area contributed by atoms with Gasteiger partial charge in [0.15, 0.2) is 0 Å². The molecular weight excluding hydrogens is 220 g/mol. The molecule has 0 aliphatic carbocycles. The standard InChI is InChI=1S/C16H16N2/c17-16-14(10-12-6-2-1-3-7-12)11-13-8-4-5-9-15(13)18-16/h1-9,14H,10-11H2,(H2,17,18). The highest BCUT2D eigenvalue weighted by Crippen LogP contribution is 2.28. The molecule has 1 heterocycles. The van der Waals surface area contributed by atoms with Crippen molar-refractivity contribution in [3.05, 3.63) is 65.7 Å². The van der Waals surface area contributed by atoms with Crippen molar-refractivity contribution in [3.63, 3.8) is 0 Å². The predicted molar refractivity (Wildman–Crippen MR) is 75.1 cm³/mol. The fraction of sp³-hybridized carbons (Fsp3) is 0.188. The molecule has 0 amide bonds. The summed E-state index contributed by atoms with van der Waals surface area (Å²) in [6, 6.07) is 18.7. The summed E-state index contributed by atoms with van der Waals surface area (Å²) in [7, 11) is 0. The first kappa shape index (κ1) is 11.0. The zero-order valence-corrected chi connectivity index (χ0v) is 10.2. The normalized spacial score (nSPS) is 18.0. The maximum absolute atomic E-state index is 6.09. The molecule has 2 heteroatoms. The molecule has 3 rings (SSSR count). The lowest BCUT2D eigenvalue weighted by atomic mass is 9.89. The lowest BCUT2D eigenvalue weighted by molar-refractivity contribution is 0.667. The van der Waals surface area contributed by atoms with Crippen LogP contribution in [0.3, 0.4) is 0 Å². The highest BCUT2D eigenvalue weighted by atomic mass is 14.9. The van der Waals surface area contributed by atoms with E-state index < -0.39 is 0 Å². The average Bonchev–Trinajstić information content (AvgIpc) is 2.41. The van der Waals surface area contributed by atoms with Gasteiger partial charge in [0.2, 0.25) is 0 Å². The number of nitrogens with two attached hydrogens (primary N) is 1. The van der Waals surface area contributed by atoms with Gasteiger partial charge in [-0.15, -0.1) is 0 Å². The number of amidine groups is 1. The summed E-state index contributed by atoms with van der Waals surface area (Å²) in [6.45, 7) is 0. The zero-order valence-electron chi connectivity index (χ0n) is 10.2. The molecule has 1 aliphatic rings. The first-order valence-corrected chi connectivity index (χ1v) is 6.29. The average molecular weight is 236 g/mol. The van der Waals surface area contributed by atoms with Gasteiger partial charge < -0.3 is 5.73 Å². The fourth-order valence-electron chi connectivity index (χ4n) is 2.47. The van der Waals surface area contributed by atoms with Crippen LogP contribution in [0.15, 0.2) is 59.6 Å². The van der Waals surface area contributed by atoms with Crippen molar-refractivity contribution in [3.8, 4) is 0 Å². The number of rotatable bonds is 2. The zero-order chi connectivity index (χ0) is 12.4. The maximum Gasteiger partial charge on any atom is 0.103 e. The van der Waals surface area contributed by atoms with Gasteiger partial charge in [0.1, 0.15) is 5.84 Å². The van der Waals surface area contributed by atoms with E-state index in [2.05, 4.69) is 41.4 Å². The van der Waals surface area contributed by atoms with Gasteiger partial charge in [0, 0.05) is 5.92 Å². The molecule has 1 unspecified atom stereocenters. The van der Waals surface area contributed by atoms with E-state index in [1.807, 2.05) is 18.2 Å². The molecule has 2 nitrogen and oxygen atoms in total. The Bertz CT molecular complexity index is 573. The van der Waals surface area contributed by atoms with Crippen LogP contribution >= 0.6 is 0 Å². The Morgan fingerprint density at radius 1 is 1.00 bits per heavy atom. The molecule has 2 aromatic rings. The monoisotopic (exact) mass is 236 g/mol. The number of benzene rings is 2. The van der Waals surface area contributed by atoms with Crippen molar-refractivity contribution >= 4 is 11.5 Å². The van der Waals surface area contributed by atoms with Crippen LogP contribution in [0.1, 0.15) is 11.1 Å². The Labute approximate surface area is 107 Å². The predicted octanol–water partition coefficient (Wildman–Crippen LogP) is 3.09. The Morgan fingerprint density at radius 2 is 1.72 bits per heavy atom. The smallest absolute Gasteiger partial charge is 0.103 e. The van der Waals surface area contributed by atoms with E-state index in [0.29, 0.717) is 5.92 Å². The van der Waals surface area contributed by atoms with Crippen LogP contribution in [0.4, 0.5) is 5.69 Å². The SMILES string of the molecule is NC1=Nc2ccccc2CC1Cc1ccccc1. The first-order chi connectivity index (χ1) is 8.83. The van der Waals surface area contributed by atoms with Crippen molar-refractivity contribution in [2.24, 2.45) is 16.6 Å². The summed E-state index contributed by atoms with van der Waals surface area (Å²) in [6.07, 6.45) is 1.95. The van der Waals surface area contributed by atoms with E-state index in [9.17, 15) is 0 Å². The second-order valence-electron chi connectivity index (χ2n) is 4.76. The van der Waals surface area contributed by atoms with Gasteiger partial charge in [-0.25, -0.2) is 4.99 Å². The van der Waals surface area contributed by atoms with Crippen molar-refractivity contribution in [1.82, 2.24) is 0 Å². The summed E-state index contributed by atoms with van der Waals surface area (Å²) in [5.41, 5.74) is 9.74. The molecular formula is C16H16N2. The Kier molecular flexibility index (Phi) is 2.85. The molecule has 0 saturated heterocycles. The highest BCUT2D eigenvalue weighted by Gasteiger charge is 2.20. The van der Waals surface area contributed by atoms with Gasteiger partial charge in [-0.2, -0.15) is 0 Å². The van der Waals surface area contributed by atoms with Gasteiger partial charge in [-0.1, -0.05) is 48.5 Å². The third-order valence-electron chi connectivity index (χ3n) is 3.45. The van der Waals surface area contributed by atoms with E-state index >= 15 is 0 Å². The van der Waals surface area contributed by atoms with E-state index in [4.69, 9.17) is 5.73 Å². The number of aliphatic imine (C=N–C) groups is 1. The second-order valence-corrected chi connectivity index (χ2v) is 4.76. The van der Waals surface area contributed by atoms with E-state index in [-0.39, 0.29) is 0 Å². The molecule has 0 spiro atoms. The molecule has 18 heavy (non-hydrogen) atoms. The summed E-state index contributed by atoms with van der Waals surface area (Å²) >= 11 is 0.